The Morgan fingerprint density at radius 3 is 2.33 bits per heavy atom. The number of nitrogens with zero attached hydrogens (tertiary/aromatic N) is 2. The lowest BCUT2D eigenvalue weighted by molar-refractivity contribution is -0.138. The molecule has 1 fully saturated rings. The Morgan fingerprint density at radius 1 is 1.10 bits per heavy atom. The van der Waals surface area contributed by atoms with Crippen LogP contribution in [0.15, 0.2) is 48.5 Å². The Balaban J connectivity index is 1.54. The average Bonchev–Trinajstić information content (AvgIpc) is 2.72. The van der Waals surface area contributed by atoms with Gasteiger partial charge in [-0.05, 0) is 61.6 Å². The van der Waals surface area contributed by atoms with Gasteiger partial charge in [-0.25, -0.2) is 0 Å². The molecule has 30 heavy (non-hydrogen) atoms. The van der Waals surface area contributed by atoms with E-state index in [0.717, 1.165) is 11.6 Å². The molecule has 3 rings (SSSR count). The molecule has 1 atom stereocenters. The van der Waals surface area contributed by atoms with E-state index in [4.69, 9.17) is 11.6 Å². The molecular formula is C23H24ClF3N2O. The Kier molecular flexibility index (Phi) is 7.07. The summed E-state index contributed by atoms with van der Waals surface area (Å²) in [5.41, 5.74) is -0.729. The van der Waals surface area contributed by atoms with Crippen LogP contribution >= 0.6 is 11.6 Å². The highest BCUT2D eigenvalue weighted by Crippen LogP contribution is 2.37. The van der Waals surface area contributed by atoms with Crippen molar-refractivity contribution in [3.8, 4) is 6.07 Å². The van der Waals surface area contributed by atoms with Crippen molar-refractivity contribution in [2.45, 2.75) is 43.4 Å². The van der Waals surface area contributed by atoms with Crippen LogP contribution in [0, 0.1) is 11.3 Å². The molecule has 0 radical (unpaired) electrons. The van der Waals surface area contributed by atoms with E-state index in [1.165, 1.54) is 18.2 Å². The van der Waals surface area contributed by atoms with Gasteiger partial charge < -0.3 is 10.0 Å². The van der Waals surface area contributed by atoms with Crippen LogP contribution in [0.4, 0.5) is 13.2 Å². The summed E-state index contributed by atoms with van der Waals surface area (Å²) < 4.78 is 39.7. The summed E-state index contributed by atoms with van der Waals surface area (Å²) in [5, 5.41) is 21.0. The fourth-order valence-electron chi connectivity index (χ4n) is 4.06. The lowest BCUT2D eigenvalue weighted by Crippen LogP contribution is -2.42. The van der Waals surface area contributed by atoms with E-state index in [0.29, 0.717) is 50.3 Å². The Morgan fingerprint density at radius 2 is 1.73 bits per heavy atom. The van der Waals surface area contributed by atoms with Gasteiger partial charge in [0.15, 0.2) is 0 Å². The second-order valence-electron chi connectivity index (χ2n) is 7.79. The lowest BCUT2D eigenvalue weighted by atomic mass is 9.84. The lowest BCUT2D eigenvalue weighted by Gasteiger charge is -2.38. The summed E-state index contributed by atoms with van der Waals surface area (Å²) in [6.07, 6.45) is -2.34. The number of piperidine rings is 1. The molecule has 1 heterocycles. The molecule has 7 heteroatoms. The summed E-state index contributed by atoms with van der Waals surface area (Å²) in [6.45, 7) is 2.06. The first-order valence-electron chi connectivity index (χ1n) is 9.99. The monoisotopic (exact) mass is 436 g/mol. The van der Waals surface area contributed by atoms with Crippen molar-refractivity contribution in [3.63, 3.8) is 0 Å². The van der Waals surface area contributed by atoms with E-state index in [1.54, 1.807) is 12.1 Å². The second-order valence-corrected chi connectivity index (χ2v) is 8.23. The largest absolute Gasteiger partial charge is 0.416 e. The number of benzene rings is 2. The van der Waals surface area contributed by atoms with Crippen molar-refractivity contribution in [2.24, 2.45) is 0 Å². The van der Waals surface area contributed by atoms with Gasteiger partial charge in [-0.1, -0.05) is 41.9 Å². The molecule has 0 aromatic heterocycles. The molecule has 1 aliphatic heterocycles. The molecule has 1 saturated heterocycles. The first-order chi connectivity index (χ1) is 14.2. The van der Waals surface area contributed by atoms with E-state index in [2.05, 4.69) is 4.90 Å². The first-order valence-corrected chi connectivity index (χ1v) is 10.4. The van der Waals surface area contributed by atoms with Crippen LogP contribution < -0.4 is 0 Å². The maximum atomic E-state index is 13.2. The summed E-state index contributed by atoms with van der Waals surface area (Å²) in [6, 6.07) is 14.6. The van der Waals surface area contributed by atoms with Gasteiger partial charge in [-0.2, -0.15) is 18.4 Å². The van der Waals surface area contributed by atoms with Crippen molar-refractivity contribution < 1.29 is 18.3 Å². The SMILES string of the molecule is N#CC(CCCN1CCC(O)(c2ccc(Cl)cc2)CC1)c1ccccc1C(F)(F)F. The molecule has 0 bridgehead atoms. The van der Waals surface area contributed by atoms with Crippen LogP contribution in [-0.2, 0) is 11.8 Å². The highest BCUT2D eigenvalue weighted by Gasteiger charge is 2.36. The quantitative estimate of drug-likeness (QED) is 0.629. The van der Waals surface area contributed by atoms with Gasteiger partial charge in [0.25, 0.3) is 0 Å². The summed E-state index contributed by atoms with van der Waals surface area (Å²) in [4.78, 5) is 2.19. The van der Waals surface area contributed by atoms with E-state index in [-0.39, 0.29) is 5.56 Å². The first kappa shape index (κ1) is 22.6. The van der Waals surface area contributed by atoms with Gasteiger partial charge >= 0.3 is 6.18 Å². The fraction of sp³-hybridized carbons (Fsp3) is 0.435. The number of hydrogen-bond donors (Lipinski definition) is 1. The fourth-order valence-corrected chi connectivity index (χ4v) is 4.19. The number of hydrogen-bond acceptors (Lipinski definition) is 3. The van der Waals surface area contributed by atoms with Crippen molar-refractivity contribution in [1.29, 1.82) is 5.26 Å². The number of likely N-dealkylation sites (tertiary alicyclic amines) is 1. The van der Waals surface area contributed by atoms with Crippen LogP contribution in [0.3, 0.4) is 0 Å². The molecule has 0 amide bonds. The zero-order chi connectivity index (χ0) is 21.8. The molecule has 2 aromatic carbocycles. The van der Waals surface area contributed by atoms with Gasteiger partial charge in [0.2, 0.25) is 0 Å². The van der Waals surface area contributed by atoms with Gasteiger partial charge in [0, 0.05) is 18.1 Å². The molecule has 0 spiro atoms. The molecule has 0 aliphatic carbocycles. The van der Waals surface area contributed by atoms with Crippen molar-refractivity contribution in [3.05, 3.63) is 70.2 Å². The van der Waals surface area contributed by atoms with Crippen LogP contribution in [0.5, 0.6) is 0 Å². The molecule has 160 valence electrons. The molecule has 3 nitrogen and oxygen atoms in total. The summed E-state index contributed by atoms with van der Waals surface area (Å²) >= 11 is 5.92. The summed E-state index contributed by atoms with van der Waals surface area (Å²) in [5.74, 6) is -0.793. The number of alkyl halides is 3. The zero-order valence-corrected chi connectivity index (χ0v) is 17.3. The predicted octanol–water partition coefficient (Wildman–Crippen LogP) is 5.73. The van der Waals surface area contributed by atoms with Crippen molar-refractivity contribution in [2.75, 3.05) is 19.6 Å². The highest BCUT2D eigenvalue weighted by molar-refractivity contribution is 6.30. The average molecular weight is 437 g/mol. The van der Waals surface area contributed by atoms with Gasteiger partial charge in [0.1, 0.15) is 0 Å². The van der Waals surface area contributed by atoms with Gasteiger partial charge in [0.05, 0.1) is 23.2 Å². The second kappa shape index (κ2) is 9.38. The van der Waals surface area contributed by atoms with Crippen LogP contribution in [0.2, 0.25) is 5.02 Å². The maximum absolute atomic E-state index is 13.2. The van der Waals surface area contributed by atoms with E-state index in [9.17, 15) is 23.5 Å². The number of rotatable bonds is 6. The standard InChI is InChI=1S/C23H24ClF3N2O/c24-19-9-7-18(8-10-19)22(30)11-14-29(15-12-22)13-3-4-17(16-28)20-5-1-2-6-21(20)23(25,26)27/h1-2,5-10,17,30H,3-4,11-15H2. The predicted molar refractivity (Wildman–Crippen MR) is 110 cm³/mol. The van der Waals surface area contributed by atoms with Crippen LogP contribution in [0.1, 0.15) is 48.3 Å². The molecule has 1 aliphatic rings. The maximum Gasteiger partial charge on any atom is 0.416 e. The smallest absolute Gasteiger partial charge is 0.385 e. The number of aliphatic hydroxyl groups is 1. The van der Waals surface area contributed by atoms with Crippen molar-refractivity contribution in [1.82, 2.24) is 4.90 Å². The van der Waals surface area contributed by atoms with E-state index < -0.39 is 23.3 Å². The minimum absolute atomic E-state index is 0.0447. The third kappa shape index (κ3) is 5.34. The molecule has 1 N–H and O–H groups in total. The minimum Gasteiger partial charge on any atom is -0.385 e. The van der Waals surface area contributed by atoms with Crippen LogP contribution in [0.25, 0.3) is 0 Å². The Bertz CT molecular complexity index is 885. The van der Waals surface area contributed by atoms with E-state index in [1.807, 2.05) is 18.2 Å². The topological polar surface area (TPSA) is 47.3 Å². The summed E-state index contributed by atoms with van der Waals surface area (Å²) in [7, 11) is 0. The van der Waals surface area contributed by atoms with Gasteiger partial charge in [-0.3, -0.25) is 0 Å². The molecule has 0 saturated carbocycles. The number of nitriles is 1. The number of halogens is 4. The van der Waals surface area contributed by atoms with E-state index >= 15 is 0 Å². The molecule has 1 unspecified atom stereocenters. The minimum atomic E-state index is -4.47. The van der Waals surface area contributed by atoms with Crippen molar-refractivity contribution >= 4 is 11.6 Å². The zero-order valence-electron chi connectivity index (χ0n) is 16.5. The van der Waals surface area contributed by atoms with Crippen LogP contribution in [-0.4, -0.2) is 29.6 Å². The third-order valence-electron chi connectivity index (χ3n) is 5.83. The van der Waals surface area contributed by atoms with Gasteiger partial charge in [-0.15, -0.1) is 0 Å². The molecular weight excluding hydrogens is 413 g/mol. The highest BCUT2D eigenvalue weighted by atomic mass is 35.5. The Labute approximate surface area is 179 Å². The normalized spacial score (nSPS) is 18.0. The molecule has 2 aromatic rings. The Hall–Kier alpha value is -2.07. The third-order valence-corrected chi connectivity index (χ3v) is 6.08.